The topological polar surface area (TPSA) is 50.5 Å². The van der Waals surface area contributed by atoms with Crippen molar-refractivity contribution in [2.75, 3.05) is 6.54 Å². The van der Waals surface area contributed by atoms with Gasteiger partial charge in [0.25, 0.3) is 0 Å². The van der Waals surface area contributed by atoms with Gasteiger partial charge in [0.1, 0.15) is 0 Å². The Balaban J connectivity index is 1.71. The monoisotopic (exact) mass is 340 g/mol. The molecule has 5 nitrogen and oxygen atoms in total. The van der Waals surface area contributed by atoms with Crippen LogP contribution in [0, 0.1) is 0 Å². The smallest absolute Gasteiger partial charge is 0.236 e. The van der Waals surface area contributed by atoms with Gasteiger partial charge in [-0.15, -0.1) is 10.2 Å². The van der Waals surface area contributed by atoms with Gasteiger partial charge in [-0.1, -0.05) is 48.2 Å². The number of hydrogen-bond donors (Lipinski definition) is 0. The third kappa shape index (κ3) is 3.59. The molecule has 0 aliphatic carbocycles. The predicted molar refractivity (Wildman–Crippen MR) is 95.8 cm³/mol. The van der Waals surface area contributed by atoms with Crippen LogP contribution in [0.1, 0.15) is 19.4 Å². The van der Waals surface area contributed by atoms with Gasteiger partial charge in [0.2, 0.25) is 5.91 Å². The molecule has 0 bridgehead atoms. The summed E-state index contributed by atoms with van der Waals surface area (Å²) in [4.78, 5) is 14.7. The molecule has 3 rings (SSSR count). The lowest BCUT2D eigenvalue weighted by Crippen LogP contribution is -2.36. The lowest BCUT2D eigenvalue weighted by atomic mass is 10.2. The van der Waals surface area contributed by atoms with E-state index in [-0.39, 0.29) is 11.2 Å². The number of carbonyl (C=O) groups is 1. The van der Waals surface area contributed by atoms with Crippen molar-refractivity contribution in [2.24, 2.45) is 0 Å². The third-order valence-electron chi connectivity index (χ3n) is 3.82. The molecule has 0 fully saturated rings. The number of pyridine rings is 1. The van der Waals surface area contributed by atoms with E-state index in [4.69, 9.17) is 0 Å². The van der Waals surface area contributed by atoms with Crippen LogP contribution in [-0.4, -0.2) is 37.2 Å². The molecule has 2 aromatic heterocycles. The average Bonchev–Trinajstić information content (AvgIpc) is 3.03. The van der Waals surface area contributed by atoms with Gasteiger partial charge >= 0.3 is 0 Å². The first-order valence-corrected chi connectivity index (χ1v) is 8.86. The molecule has 0 radical (unpaired) electrons. The highest BCUT2D eigenvalue weighted by Crippen LogP contribution is 2.23. The minimum atomic E-state index is -0.221. The Kier molecular flexibility index (Phi) is 5.15. The van der Waals surface area contributed by atoms with Crippen molar-refractivity contribution in [3.8, 4) is 0 Å². The second-order valence-electron chi connectivity index (χ2n) is 5.51. The fraction of sp³-hybridized carbons (Fsp3) is 0.278. The molecular weight excluding hydrogens is 320 g/mol. The number of hydrogen-bond acceptors (Lipinski definition) is 4. The summed E-state index contributed by atoms with van der Waals surface area (Å²) < 4.78 is 1.90. The van der Waals surface area contributed by atoms with Gasteiger partial charge in [-0.3, -0.25) is 9.20 Å². The molecule has 6 heteroatoms. The maximum absolute atomic E-state index is 12.8. The minimum Gasteiger partial charge on any atom is -0.338 e. The Hall–Kier alpha value is -2.34. The number of thioether (sulfide) groups is 1. The summed E-state index contributed by atoms with van der Waals surface area (Å²) in [5.74, 6) is 0.110. The minimum absolute atomic E-state index is 0.110. The average molecular weight is 340 g/mol. The highest BCUT2D eigenvalue weighted by Gasteiger charge is 2.22. The quantitative estimate of drug-likeness (QED) is 0.646. The van der Waals surface area contributed by atoms with E-state index >= 15 is 0 Å². The number of carbonyl (C=O) groups excluding carboxylic acids is 1. The van der Waals surface area contributed by atoms with Crippen LogP contribution in [0.25, 0.3) is 5.65 Å². The second-order valence-corrected chi connectivity index (χ2v) is 6.82. The summed E-state index contributed by atoms with van der Waals surface area (Å²) in [7, 11) is 0. The van der Waals surface area contributed by atoms with Crippen molar-refractivity contribution in [1.82, 2.24) is 19.5 Å². The van der Waals surface area contributed by atoms with Crippen LogP contribution in [0.15, 0.2) is 59.9 Å². The first kappa shape index (κ1) is 16.5. The molecule has 0 aliphatic rings. The summed E-state index contributed by atoms with van der Waals surface area (Å²) in [5.41, 5.74) is 1.93. The summed E-state index contributed by atoms with van der Waals surface area (Å²) in [6.07, 6.45) is 1.91. The predicted octanol–water partition coefficient (Wildman–Crippen LogP) is 3.26. The fourth-order valence-electron chi connectivity index (χ4n) is 2.51. The van der Waals surface area contributed by atoms with E-state index in [1.807, 2.05) is 77.9 Å². The summed E-state index contributed by atoms with van der Waals surface area (Å²) in [6.45, 7) is 5.23. The zero-order chi connectivity index (χ0) is 16.9. The normalized spacial score (nSPS) is 12.2. The van der Waals surface area contributed by atoms with E-state index in [1.165, 1.54) is 11.8 Å². The van der Waals surface area contributed by atoms with E-state index in [0.717, 1.165) is 16.4 Å². The molecule has 0 saturated carbocycles. The lowest BCUT2D eigenvalue weighted by Gasteiger charge is -2.24. The van der Waals surface area contributed by atoms with Gasteiger partial charge < -0.3 is 4.90 Å². The Bertz CT molecular complexity index is 818. The van der Waals surface area contributed by atoms with Crippen LogP contribution in [0.4, 0.5) is 0 Å². The SMILES string of the molecule is CCN(Cc1ccccc1)C(=O)C(C)Sc1nnc2ccccn12. The van der Waals surface area contributed by atoms with Crippen molar-refractivity contribution in [3.63, 3.8) is 0 Å². The van der Waals surface area contributed by atoms with E-state index < -0.39 is 0 Å². The molecule has 0 spiro atoms. The molecule has 124 valence electrons. The van der Waals surface area contributed by atoms with Crippen LogP contribution in [0.3, 0.4) is 0 Å². The van der Waals surface area contributed by atoms with Crippen LogP contribution in [0.2, 0.25) is 0 Å². The van der Waals surface area contributed by atoms with Crippen molar-refractivity contribution in [2.45, 2.75) is 30.8 Å². The fourth-order valence-corrected chi connectivity index (χ4v) is 3.44. The Morgan fingerprint density at radius 1 is 1.17 bits per heavy atom. The first-order valence-electron chi connectivity index (χ1n) is 7.98. The second kappa shape index (κ2) is 7.49. The number of benzene rings is 1. The molecule has 24 heavy (non-hydrogen) atoms. The van der Waals surface area contributed by atoms with Crippen LogP contribution in [0.5, 0.6) is 0 Å². The summed E-state index contributed by atoms with van der Waals surface area (Å²) >= 11 is 1.44. The van der Waals surface area contributed by atoms with Gasteiger partial charge in [-0.05, 0) is 31.5 Å². The van der Waals surface area contributed by atoms with Gasteiger partial charge in [-0.25, -0.2) is 0 Å². The highest BCUT2D eigenvalue weighted by atomic mass is 32.2. The van der Waals surface area contributed by atoms with E-state index in [0.29, 0.717) is 13.1 Å². The molecule has 1 atom stereocenters. The van der Waals surface area contributed by atoms with Gasteiger partial charge in [-0.2, -0.15) is 0 Å². The molecule has 1 amide bonds. The molecule has 0 N–H and O–H groups in total. The van der Waals surface area contributed by atoms with Crippen molar-refractivity contribution >= 4 is 23.3 Å². The summed E-state index contributed by atoms with van der Waals surface area (Å²) in [6, 6.07) is 15.8. The molecule has 1 unspecified atom stereocenters. The summed E-state index contributed by atoms with van der Waals surface area (Å²) in [5, 5.41) is 8.84. The van der Waals surface area contributed by atoms with Crippen molar-refractivity contribution in [3.05, 3.63) is 60.3 Å². The number of amides is 1. The molecule has 1 aromatic carbocycles. The lowest BCUT2D eigenvalue weighted by molar-refractivity contribution is -0.130. The van der Waals surface area contributed by atoms with Gasteiger partial charge in [0, 0.05) is 19.3 Å². The van der Waals surface area contributed by atoms with Crippen molar-refractivity contribution in [1.29, 1.82) is 0 Å². The van der Waals surface area contributed by atoms with E-state index in [1.54, 1.807) is 0 Å². The Morgan fingerprint density at radius 2 is 1.92 bits per heavy atom. The number of rotatable bonds is 6. The molecule has 2 heterocycles. The van der Waals surface area contributed by atoms with Crippen molar-refractivity contribution < 1.29 is 4.79 Å². The molecular formula is C18H20N4OS. The van der Waals surface area contributed by atoms with Crippen LogP contribution >= 0.6 is 11.8 Å². The number of nitrogens with zero attached hydrogens (tertiary/aromatic N) is 4. The Morgan fingerprint density at radius 3 is 2.67 bits per heavy atom. The van der Waals surface area contributed by atoms with Gasteiger partial charge in [0.05, 0.1) is 5.25 Å². The van der Waals surface area contributed by atoms with E-state index in [9.17, 15) is 4.79 Å². The largest absolute Gasteiger partial charge is 0.338 e. The van der Waals surface area contributed by atoms with E-state index in [2.05, 4.69) is 10.2 Å². The maximum Gasteiger partial charge on any atom is 0.236 e. The third-order valence-corrected chi connectivity index (χ3v) is 4.87. The number of aromatic nitrogens is 3. The zero-order valence-electron chi connectivity index (χ0n) is 13.8. The first-order chi connectivity index (χ1) is 11.7. The maximum atomic E-state index is 12.8. The zero-order valence-corrected chi connectivity index (χ0v) is 14.6. The standard InChI is InChI=1S/C18H20N4OS/c1-3-21(13-15-9-5-4-6-10-15)17(23)14(2)24-18-20-19-16-11-7-8-12-22(16)18/h4-12,14H,3,13H2,1-2H3. The Labute approximate surface area is 145 Å². The molecule has 0 aliphatic heterocycles. The highest BCUT2D eigenvalue weighted by molar-refractivity contribution is 8.00. The molecule has 0 saturated heterocycles. The number of fused-ring (bicyclic) bond motifs is 1. The van der Waals surface area contributed by atoms with Gasteiger partial charge in [0.15, 0.2) is 10.8 Å². The van der Waals surface area contributed by atoms with Crippen LogP contribution in [-0.2, 0) is 11.3 Å². The van der Waals surface area contributed by atoms with Crippen LogP contribution < -0.4 is 0 Å². The molecule has 3 aromatic rings.